The smallest absolute Gasteiger partial charge is 0.303 e. The third kappa shape index (κ3) is 16.6. The second kappa shape index (κ2) is 30.0. The lowest BCUT2D eigenvalue weighted by atomic mass is 9.95. The van der Waals surface area contributed by atoms with Gasteiger partial charge in [-0.25, -0.2) is 0 Å². The van der Waals surface area contributed by atoms with Gasteiger partial charge in [0.2, 0.25) is 12.2 Å². The number of hydrogen-bond acceptors (Lipinski definition) is 13. The maximum Gasteiger partial charge on any atom is 0.303 e. The van der Waals surface area contributed by atoms with Gasteiger partial charge in [-0.15, -0.1) is 0 Å². The Kier molecular flexibility index (Phi) is 22.4. The molecule has 17 heteroatoms. The van der Waals surface area contributed by atoms with E-state index in [1.807, 2.05) is 188 Å². The molecule has 0 spiro atoms. The molecule has 84 heavy (non-hydrogen) atoms. The number of carbonyl (C=O) groups is 1. The first-order valence-corrected chi connectivity index (χ1v) is 31.2. The maximum absolute atomic E-state index is 13.8. The second-order valence-electron chi connectivity index (χ2n) is 21.7. The zero-order valence-electron chi connectivity index (χ0n) is 47.5. The molecule has 442 valence electrons. The van der Waals surface area contributed by atoms with Gasteiger partial charge >= 0.3 is 5.97 Å². The molecule has 0 amide bonds. The predicted molar refractivity (Wildman–Crippen MR) is 327 cm³/mol. The Morgan fingerprint density at radius 3 is 1.21 bits per heavy atom. The summed E-state index contributed by atoms with van der Waals surface area (Å²) in [5, 5.41) is 10.5. The van der Waals surface area contributed by atoms with Crippen LogP contribution in [0.2, 0.25) is 5.04 Å². The number of alkyl halides is 3. The molecule has 2 saturated heterocycles. The van der Waals surface area contributed by atoms with Crippen LogP contribution in [0.15, 0.2) is 212 Å². The lowest BCUT2D eigenvalue weighted by Crippen LogP contribution is -2.69. The highest BCUT2D eigenvalue weighted by Crippen LogP contribution is 2.41. The number of esters is 1. The Labute approximate surface area is 508 Å². The van der Waals surface area contributed by atoms with Crippen LogP contribution in [-0.2, 0) is 89.6 Å². The fourth-order valence-electron chi connectivity index (χ4n) is 10.7. The number of hydrogen-bond donors (Lipinski definition) is 1. The molecule has 7 aromatic rings. The van der Waals surface area contributed by atoms with E-state index in [-0.39, 0.29) is 46.2 Å². The fourth-order valence-corrected chi connectivity index (χ4v) is 15.4. The Morgan fingerprint density at radius 2 is 0.810 bits per heavy atom. The summed E-state index contributed by atoms with van der Waals surface area (Å²) in [7, 11) is -3.28. The molecule has 0 unspecified atom stereocenters. The number of rotatable bonds is 25. The molecule has 0 saturated carbocycles. The van der Waals surface area contributed by atoms with Crippen LogP contribution < -0.4 is 10.4 Å². The fraction of sp³-hybridized carbons (Fsp3) is 0.343. The average molecular weight is 1220 g/mol. The minimum absolute atomic E-state index is 0.0439. The van der Waals surface area contributed by atoms with Gasteiger partial charge in [0.1, 0.15) is 42.7 Å². The Morgan fingerprint density at radius 1 is 0.452 bits per heavy atom. The molecule has 2 aliphatic rings. The van der Waals surface area contributed by atoms with Crippen molar-refractivity contribution in [3.8, 4) is 0 Å². The zero-order valence-corrected chi connectivity index (χ0v) is 50.7. The highest BCUT2D eigenvalue weighted by Gasteiger charge is 2.57. The van der Waals surface area contributed by atoms with Crippen molar-refractivity contribution >= 4 is 65.4 Å². The van der Waals surface area contributed by atoms with E-state index in [9.17, 15) is 4.79 Å². The average Bonchev–Trinajstić information content (AvgIpc) is 1.99. The Hall–Kier alpha value is -5.79. The molecule has 0 radical (unpaired) electrons. The van der Waals surface area contributed by atoms with Crippen molar-refractivity contribution < 1.29 is 56.6 Å². The van der Waals surface area contributed by atoms with Gasteiger partial charge in [0, 0.05) is 6.92 Å². The topological polar surface area (TPSA) is 142 Å². The third-order valence-corrected chi connectivity index (χ3v) is 20.2. The first kappa shape index (κ1) is 62.7. The van der Waals surface area contributed by atoms with Gasteiger partial charge in [-0.2, -0.15) is 0 Å². The SMILES string of the molecule is CC(=O)O[C@H]1[C@@H](OCc2ccccc2)[C@@H](CO[Si](c2ccccc2)(c2ccccc2)C(C)(C)C)O[C@@H](O[C@H]2[C@H](OCc3ccccc3)[C@@H](OCc3ccccc3)[C@@H](OC(=N)C(Cl)(Cl)Cl)O[C@@H]2COCc2ccccc2)[C@@H]1OCc1ccccc1. The van der Waals surface area contributed by atoms with Gasteiger partial charge in [-0.05, 0) is 43.2 Å². The van der Waals surface area contributed by atoms with Crippen molar-refractivity contribution in [2.45, 2.75) is 131 Å². The summed E-state index contributed by atoms with van der Waals surface area (Å²) in [5.41, 5.74) is 4.26. The van der Waals surface area contributed by atoms with E-state index in [1.54, 1.807) is 0 Å². The molecule has 2 fully saturated rings. The summed E-state index contributed by atoms with van der Waals surface area (Å²) >= 11 is 19.0. The van der Waals surface area contributed by atoms with Crippen molar-refractivity contribution in [3.63, 3.8) is 0 Å². The maximum atomic E-state index is 13.8. The number of halogens is 3. The summed E-state index contributed by atoms with van der Waals surface area (Å²) in [6.07, 6.45) is -11.7. The Bertz CT molecular complexity index is 3040. The third-order valence-electron chi connectivity index (χ3n) is 14.7. The first-order chi connectivity index (χ1) is 40.7. The molecule has 9 rings (SSSR count). The molecule has 0 aliphatic carbocycles. The van der Waals surface area contributed by atoms with E-state index >= 15 is 0 Å². The summed E-state index contributed by atoms with van der Waals surface area (Å²) < 4.78 is 74.5. The van der Waals surface area contributed by atoms with Gasteiger partial charge in [0.15, 0.2) is 12.4 Å². The second-order valence-corrected chi connectivity index (χ2v) is 28.3. The van der Waals surface area contributed by atoms with E-state index < -0.39 is 90.4 Å². The van der Waals surface area contributed by atoms with Gasteiger partial charge in [-0.3, -0.25) is 10.2 Å². The summed E-state index contributed by atoms with van der Waals surface area (Å²) in [6, 6.07) is 68.9. The van der Waals surface area contributed by atoms with E-state index in [2.05, 4.69) is 45.0 Å². The molecular formula is C67H72Cl3NO12Si. The van der Waals surface area contributed by atoms with Crippen LogP contribution in [0.3, 0.4) is 0 Å². The largest absolute Gasteiger partial charge is 0.457 e. The van der Waals surface area contributed by atoms with Crippen molar-refractivity contribution in [1.29, 1.82) is 5.41 Å². The van der Waals surface area contributed by atoms with E-state index in [0.29, 0.717) is 0 Å². The van der Waals surface area contributed by atoms with Crippen LogP contribution in [0, 0.1) is 5.41 Å². The molecule has 2 heterocycles. The van der Waals surface area contributed by atoms with E-state index in [0.717, 1.165) is 38.2 Å². The van der Waals surface area contributed by atoms with Crippen molar-refractivity contribution in [3.05, 3.63) is 240 Å². The number of carbonyl (C=O) groups excluding carboxylic acids is 1. The monoisotopic (exact) mass is 1220 g/mol. The number of benzene rings is 7. The summed E-state index contributed by atoms with van der Waals surface area (Å²) in [5.74, 6) is -1.30. The minimum Gasteiger partial charge on any atom is -0.457 e. The van der Waals surface area contributed by atoms with Crippen LogP contribution in [0.25, 0.3) is 0 Å². The molecular weight excluding hydrogens is 1150 g/mol. The van der Waals surface area contributed by atoms with Crippen LogP contribution >= 0.6 is 34.8 Å². The molecule has 10 atom stereocenters. The van der Waals surface area contributed by atoms with E-state index in [1.165, 1.54) is 6.92 Å². The van der Waals surface area contributed by atoms with Crippen LogP contribution in [0.4, 0.5) is 0 Å². The Balaban J connectivity index is 1.19. The van der Waals surface area contributed by atoms with Gasteiger partial charge in [-0.1, -0.05) is 268 Å². The van der Waals surface area contributed by atoms with Gasteiger partial charge in [0.05, 0.1) is 46.2 Å². The number of ether oxygens (including phenoxy) is 10. The molecule has 0 aromatic heterocycles. The molecule has 2 aliphatic heterocycles. The summed E-state index contributed by atoms with van der Waals surface area (Å²) in [6.45, 7) is 8.26. The van der Waals surface area contributed by atoms with Gasteiger partial charge in [0.25, 0.3) is 12.1 Å². The zero-order chi connectivity index (χ0) is 58.9. The molecule has 0 bridgehead atoms. The quantitative estimate of drug-likeness (QED) is 0.0191. The molecule has 13 nitrogen and oxygen atoms in total. The highest BCUT2D eigenvalue weighted by molar-refractivity contribution is 6.99. The minimum atomic E-state index is -3.28. The molecule has 7 aromatic carbocycles. The standard InChI is InChI=1S/C67H72Cl3NO12Si/c1-47(72)79-60-57(74-41-49-28-14-6-15-29-49)56(46-78-84(66(2,3)4,53-36-22-10-23-37-53)54-38-24-11-25-39-54)81-63(62(60)77-44-52-34-20-9-21-35-52)82-58-55(45-73-40-48-26-12-5-13-27-48)80-64(83-65(71)67(68,69)70)61(76-43-51-32-18-8-19-33-51)59(58)75-42-50-30-16-7-17-31-50/h5-39,55-64,71H,40-46H2,1-4H3/t55-,56-,57+,58-,59+,60+,61-,62-,63+,64-/m1/s1. The van der Waals surface area contributed by atoms with Crippen molar-refractivity contribution in [2.75, 3.05) is 13.2 Å². The van der Waals surface area contributed by atoms with E-state index in [4.69, 9.17) is 92.0 Å². The summed E-state index contributed by atoms with van der Waals surface area (Å²) in [4.78, 5) is 13.8. The number of nitrogens with one attached hydrogen (secondary N) is 1. The van der Waals surface area contributed by atoms with Crippen LogP contribution in [-0.4, -0.2) is 98.6 Å². The highest BCUT2D eigenvalue weighted by atomic mass is 35.6. The predicted octanol–water partition coefficient (Wildman–Crippen LogP) is 12.3. The van der Waals surface area contributed by atoms with Crippen molar-refractivity contribution in [1.82, 2.24) is 0 Å². The normalized spacial score (nSPS) is 22.9. The lowest BCUT2D eigenvalue weighted by molar-refractivity contribution is -0.369. The van der Waals surface area contributed by atoms with Crippen LogP contribution in [0.1, 0.15) is 55.5 Å². The first-order valence-electron chi connectivity index (χ1n) is 28.1. The molecule has 1 N–H and O–H groups in total. The van der Waals surface area contributed by atoms with Crippen molar-refractivity contribution in [2.24, 2.45) is 0 Å². The van der Waals surface area contributed by atoms with Gasteiger partial charge < -0.3 is 51.8 Å². The lowest BCUT2D eigenvalue weighted by Gasteiger charge is -2.50. The van der Waals surface area contributed by atoms with Crippen LogP contribution in [0.5, 0.6) is 0 Å².